The van der Waals surface area contributed by atoms with E-state index in [2.05, 4.69) is 4.98 Å². The normalized spacial score (nSPS) is 10.8. The monoisotopic (exact) mass is 226 g/mol. The van der Waals surface area contributed by atoms with E-state index in [0.29, 0.717) is 0 Å². The number of thiazole rings is 1. The molecule has 3 rings (SSSR count). The van der Waals surface area contributed by atoms with Gasteiger partial charge in [0.2, 0.25) is 0 Å². The zero-order valence-electron chi connectivity index (χ0n) is 8.38. The van der Waals surface area contributed by atoms with E-state index in [9.17, 15) is 5.11 Å². The van der Waals surface area contributed by atoms with Crippen LogP contribution >= 0.6 is 11.3 Å². The number of hydrogen-bond acceptors (Lipinski definition) is 2. The zero-order valence-corrected chi connectivity index (χ0v) is 9.20. The SMILES string of the molecule is [O]c1ccc2sc(-c3ccccc3)nc2c1. The molecule has 3 aromatic rings. The molecule has 1 heterocycles. The van der Waals surface area contributed by atoms with E-state index in [1.54, 1.807) is 23.5 Å². The molecule has 0 saturated carbocycles. The van der Waals surface area contributed by atoms with E-state index in [4.69, 9.17) is 0 Å². The first-order chi connectivity index (χ1) is 7.83. The molecule has 0 N–H and O–H groups in total. The van der Waals surface area contributed by atoms with Crippen LogP contribution in [0.25, 0.3) is 20.8 Å². The maximum Gasteiger partial charge on any atom is 0.180 e. The minimum atomic E-state index is 0.0115. The Morgan fingerprint density at radius 3 is 2.62 bits per heavy atom. The van der Waals surface area contributed by atoms with E-state index in [-0.39, 0.29) is 5.75 Å². The van der Waals surface area contributed by atoms with Crippen LogP contribution in [0.4, 0.5) is 0 Å². The maximum atomic E-state index is 11.2. The highest BCUT2D eigenvalue weighted by molar-refractivity contribution is 7.21. The number of aromatic nitrogens is 1. The molecule has 3 heteroatoms. The highest BCUT2D eigenvalue weighted by atomic mass is 32.1. The second-order valence-corrected chi connectivity index (χ2v) is 4.55. The molecule has 77 valence electrons. The second kappa shape index (κ2) is 3.61. The Labute approximate surface area is 96.8 Å². The second-order valence-electron chi connectivity index (χ2n) is 3.51. The molecule has 0 aliphatic heterocycles. The van der Waals surface area contributed by atoms with Crippen molar-refractivity contribution < 1.29 is 5.11 Å². The van der Waals surface area contributed by atoms with Crippen molar-refractivity contribution >= 4 is 21.6 Å². The van der Waals surface area contributed by atoms with Gasteiger partial charge in [0, 0.05) is 11.6 Å². The Kier molecular flexibility index (Phi) is 2.11. The highest BCUT2D eigenvalue weighted by Crippen LogP contribution is 2.31. The number of nitrogens with zero attached hydrogens (tertiary/aromatic N) is 1. The summed E-state index contributed by atoms with van der Waals surface area (Å²) in [7, 11) is 0. The first-order valence-electron chi connectivity index (χ1n) is 4.96. The van der Waals surface area contributed by atoms with Gasteiger partial charge in [-0.15, -0.1) is 11.3 Å². The molecule has 0 saturated heterocycles. The molecule has 0 bridgehead atoms. The van der Waals surface area contributed by atoms with Crippen molar-refractivity contribution in [3.63, 3.8) is 0 Å². The molecule has 2 nitrogen and oxygen atoms in total. The molecule has 0 fully saturated rings. The lowest BCUT2D eigenvalue weighted by molar-refractivity contribution is 0.355. The summed E-state index contributed by atoms with van der Waals surface area (Å²) in [6.45, 7) is 0. The van der Waals surface area contributed by atoms with Crippen LogP contribution in [0.5, 0.6) is 5.75 Å². The van der Waals surface area contributed by atoms with Gasteiger partial charge in [-0.25, -0.2) is 4.98 Å². The Hall–Kier alpha value is -1.87. The van der Waals surface area contributed by atoms with Crippen LogP contribution in [0.3, 0.4) is 0 Å². The van der Waals surface area contributed by atoms with Gasteiger partial charge in [0.15, 0.2) is 5.75 Å². The van der Waals surface area contributed by atoms with Crippen molar-refractivity contribution in [1.82, 2.24) is 4.98 Å². The molecule has 16 heavy (non-hydrogen) atoms. The Morgan fingerprint density at radius 2 is 1.81 bits per heavy atom. The van der Waals surface area contributed by atoms with E-state index in [0.717, 1.165) is 20.8 Å². The Bertz CT molecular complexity index is 631. The van der Waals surface area contributed by atoms with Crippen molar-refractivity contribution in [2.75, 3.05) is 0 Å². The molecule has 1 aromatic heterocycles. The van der Waals surface area contributed by atoms with E-state index < -0.39 is 0 Å². The summed E-state index contributed by atoms with van der Waals surface area (Å²) in [5.41, 5.74) is 1.88. The lowest BCUT2D eigenvalue weighted by atomic mass is 10.2. The molecule has 0 unspecified atom stereocenters. The third-order valence-corrected chi connectivity index (χ3v) is 3.47. The first kappa shape index (κ1) is 9.36. The molecule has 2 aromatic carbocycles. The van der Waals surface area contributed by atoms with Crippen LogP contribution in [0.15, 0.2) is 48.5 Å². The summed E-state index contributed by atoms with van der Waals surface area (Å²) in [5.74, 6) is 0.0115. The number of fused-ring (bicyclic) bond motifs is 1. The third-order valence-electron chi connectivity index (χ3n) is 2.38. The van der Waals surface area contributed by atoms with Crippen LogP contribution in [-0.2, 0) is 5.11 Å². The van der Waals surface area contributed by atoms with Crippen LogP contribution in [0.1, 0.15) is 0 Å². The number of rotatable bonds is 1. The first-order valence-corrected chi connectivity index (χ1v) is 5.77. The van der Waals surface area contributed by atoms with Gasteiger partial charge in [0.05, 0.1) is 10.2 Å². The van der Waals surface area contributed by atoms with Gasteiger partial charge in [-0.3, -0.25) is 5.11 Å². The van der Waals surface area contributed by atoms with Crippen molar-refractivity contribution in [2.24, 2.45) is 0 Å². The summed E-state index contributed by atoms with van der Waals surface area (Å²) in [6, 6.07) is 15.0. The molecule has 0 aliphatic carbocycles. The number of hydrogen-bond donors (Lipinski definition) is 0. The summed E-state index contributed by atoms with van der Waals surface area (Å²) < 4.78 is 1.05. The molecular formula is C13H8NOS. The standard InChI is InChI=1S/C13H8NOS/c15-10-6-7-12-11(8-10)14-13(16-12)9-4-2-1-3-5-9/h1-8H. The average Bonchev–Trinajstić information content (AvgIpc) is 2.73. The van der Waals surface area contributed by atoms with E-state index in [1.807, 2.05) is 36.4 Å². The topological polar surface area (TPSA) is 32.8 Å². The molecular weight excluding hydrogens is 218 g/mol. The Morgan fingerprint density at radius 1 is 1.00 bits per heavy atom. The fraction of sp³-hybridized carbons (Fsp3) is 0. The smallest absolute Gasteiger partial charge is 0.180 e. The minimum absolute atomic E-state index is 0.0115. The predicted molar refractivity (Wildman–Crippen MR) is 65.2 cm³/mol. The van der Waals surface area contributed by atoms with Crippen molar-refractivity contribution in [3.8, 4) is 16.3 Å². The summed E-state index contributed by atoms with van der Waals surface area (Å²) in [4.78, 5) is 4.46. The summed E-state index contributed by atoms with van der Waals surface area (Å²) >= 11 is 1.61. The van der Waals surface area contributed by atoms with Crippen LogP contribution < -0.4 is 0 Å². The average molecular weight is 226 g/mol. The quantitative estimate of drug-likeness (QED) is 0.614. The number of benzene rings is 2. The summed E-state index contributed by atoms with van der Waals surface area (Å²) in [6.07, 6.45) is 0. The zero-order chi connectivity index (χ0) is 11.0. The van der Waals surface area contributed by atoms with Gasteiger partial charge in [-0.2, -0.15) is 0 Å². The largest absolute Gasteiger partial charge is 0.290 e. The molecule has 1 radical (unpaired) electrons. The fourth-order valence-electron chi connectivity index (χ4n) is 1.61. The van der Waals surface area contributed by atoms with Crippen LogP contribution in [-0.4, -0.2) is 4.98 Å². The van der Waals surface area contributed by atoms with Gasteiger partial charge in [-0.1, -0.05) is 30.3 Å². The molecule has 0 atom stereocenters. The molecule has 0 aliphatic rings. The van der Waals surface area contributed by atoms with Gasteiger partial charge in [-0.05, 0) is 12.1 Å². The third kappa shape index (κ3) is 1.55. The Balaban J connectivity index is 2.19. The van der Waals surface area contributed by atoms with Crippen molar-refractivity contribution in [3.05, 3.63) is 48.5 Å². The highest BCUT2D eigenvalue weighted by Gasteiger charge is 2.06. The van der Waals surface area contributed by atoms with Crippen LogP contribution in [0, 0.1) is 0 Å². The van der Waals surface area contributed by atoms with E-state index in [1.165, 1.54) is 0 Å². The van der Waals surface area contributed by atoms with Gasteiger partial charge in [0.25, 0.3) is 0 Å². The van der Waals surface area contributed by atoms with Gasteiger partial charge < -0.3 is 0 Å². The predicted octanol–water partition coefficient (Wildman–Crippen LogP) is 4.11. The maximum absolute atomic E-state index is 11.2. The molecule has 0 amide bonds. The minimum Gasteiger partial charge on any atom is -0.290 e. The summed E-state index contributed by atoms with van der Waals surface area (Å²) in [5, 5.41) is 12.2. The van der Waals surface area contributed by atoms with Gasteiger partial charge in [0.1, 0.15) is 5.01 Å². The van der Waals surface area contributed by atoms with E-state index >= 15 is 0 Å². The van der Waals surface area contributed by atoms with Crippen molar-refractivity contribution in [2.45, 2.75) is 0 Å². The van der Waals surface area contributed by atoms with Gasteiger partial charge >= 0.3 is 0 Å². The lowest BCUT2D eigenvalue weighted by Gasteiger charge is -1.92. The lowest BCUT2D eigenvalue weighted by Crippen LogP contribution is -1.73. The molecule has 0 spiro atoms. The van der Waals surface area contributed by atoms with Crippen molar-refractivity contribution in [1.29, 1.82) is 0 Å². The fourth-order valence-corrected chi connectivity index (χ4v) is 2.56. The van der Waals surface area contributed by atoms with Crippen LogP contribution in [0.2, 0.25) is 0 Å².